The van der Waals surface area contributed by atoms with Gasteiger partial charge >= 0.3 is 0 Å². The number of amides is 1. The standard InChI is InChI=1S/C16H16N2O2S/c1-11-8-14(6-5-13(11)4-3-7-19)16(20)17-9-15-12(2)18-10-21-15/h5-6,8,10,19H,7,9H2,1-2H3,(H,17,20). The van der Waals surface area contributed by atoms with Gasteiger partial charge in [-0.3, -0.25) is 4.79 Å². The summed E-state index contributed by atoms with van der Waals surface area (Å²) in [6.07, 6.45) is 0. The number of carbonyl (C=O) groups is 1. The summed E-state index contributed by atoms with van der Waals surface area (Å²) in [5.41, 5.74) is 5.06. The van der Waals surface area contributed by atoms with Gasteiger partial charge in [0.05, 0.1) is 17.7 Å². The maximum absolute atomic E-state index is 12.1. The lowest BCUT2D eigenvalue weighted by molar-refractivity contribution is 0.0951. The molecule has 0 saturated heterocycles. The predicted octanol–water partition coefficient (Wildman–Crippen LogP) is 2.03. The average molecular weight is 300 g/mol. The van der Waals surface area contributed by atoms with Crippen molar-refractivity contribution in [1.82, 2.24) is 10.3 Å². The fourth-order valence-corrected chi connectivity index (χ4v) is 2.56. The van der Waals surface area contributed by atoms with Gasteiger partial charge in [-0.05, 0) is 37.6 Å². The summed E-state index contributed by atoms with van der Waals surface area (Å²) >= 11 is 1.53. The van der Waals surface area contributed by atoms with Crippen molar-refractivity contribution in [2.45, 2.75) is 20.4 Å². The average Bonchev–Trinajstić information content (AvgIpc) is 2.88. The Labute approximate surface area is 127 Å². The van der Waals surface area contributed by atoms with Crippen molar-refractivity contribution in [2.75, 3.05) is 6.61 Å². The second-order valence-electron chi connectivity index (χ2n) is 4.53. The Hall–Kier alpha value is -2.16. The molecule has 4 nitrogen and oxygen atoms in total. The SMILES string of the molecule is Cc1cc(C(=O)NCc2scnc2C)ccc1C#CCO. The van der Waals surface area contributed by atoms with Crippen molar-refractivity contribution in [2.24, 2.45) is 0 Å². The smallest absolute Gasteiger partial charge is 0.251 e. The van der Waals surface area contributed by atoms with E-state index < -0.39 is 0 Å². The van der Waals surface area contributed by atoms with E-state index in [0.717, 1.165) is 21.7 Å². The first kappa shape index (κ1) is 15.2. The van der Waals surface area contributed by atoms with Crippen LogP contribution in [-0.4, -0.2) is 22.6 Å². The van der Waals surface area contributed by atoms with Gasteiger partial charge in [-0.15, -0.1) is 11.3 Å². The Kier molecular flexibility index (Phi) is 5.09. The highest BCUT2D eigenvalue weighted by molar-refractivity contribution is 7.09. The molecule has 21 heavy (non-hydrogen) atoms. The Balaban J connectivity index is 2.06. The number of hydrogen-bond donors (Lipinski definition) is 2. The van der Waals surface area contributed by atoms with Gasteiger partial charge in [0.25, 0.3) is 5.91 Å². The third kappa shape index (κ3) is 3.91. The number of aliphatic hydroxyl groups is 1. The molecule has 0 aliphatic carbocycles. The minimum atomic E-state index is -0.171. The maximum Gasteiger partial charge on any atom is 0.251 e. The molecule has 0 radical (unpaired) electrons. The molecule has 2 rings (SSSR count). The summed E-state index contributed by atoms with van der Waals surface area (Å²) in [7, 11) is 0. The number of aryl methyl sites for hydroxylation is 2. The van der Waals surface area contributed by atoms with Crippen molar-refractivity contribution in [3.05, 3.63) is 51.0 Å². The minimum absolute atomic E-state index is 0.118. The topological polar surface area (TPSA) is 62.2 Å². The number of rotatable bonds is 3. The number of nitrogens with one attached hydrogen (secondary N) is 1. The molecule has 0 bridgehead atoms. The summed E-state index contributed by atoms with van der Waals surface area (Å²) in [4.78, 5) is 17.3. The van der Waals surface area contributed by atoms with E-state index in [-0.39, 0.29) is 12.5 Å². The van der Waals surface area contributed by atoms with Crippen LogP contribution in [0.1, 0.15) is 32.1 Å². The van der Waals surface area contributed by atoms with Crippen LogP contribution < -0.4 is 5.32 Å². The third-order valence-corrected chi connectivity index (χ3v) is 3.98. The maximum atomic E-state index is 12.1. The molecular weight excluding hydrogens is 284 g/mol. The summed E-state index contributed by atoms with van der Waals surface area (Å²) in [5.74, 6) is 5.34. The number of aromatic nitrogens is 1. The van der Waals surface area contributed by atoms with Gasteiger partial charge in [0.2, 0.25) is 0 Å². The second kappa shape index (κ2) is 7.02. The highest BCUT2D eigenvalue weighted by Crippen LogP contribution is 2.13. The third-order valence-electron chi connectivity index (χ3n) is 3.05. The van der Waals surface area contributed by atoms with Crippen LogP contribution >= 0.6 is 11.3 Å². The van der Waals surface area contributed by atoms with E-state index in [2.05, 4.69) is 22.1 Å². The predicted molar refractivity (Wildman–Crippen MR) is 83.2 cm³/mol. The Morgan fingerprint density at radius 1 is 1.43 bits per heavy atom. The fourth-order valence-electron chi connectivity index (χ4n) is 1.84. The molecule has 0 fully saturated rings. The van der Waals surface area contributed by atoms with Crippen LogP contribution in [0.4, 0.5) is 0 Å². The molecule has 1 aromatic carbocycles. The molecule has 0 saturated carbocycles. The minimum Gasteiger partial charge on any atom is -0.384 e. The molecule has 2 N–H and O–H groups in total. The van der Waals surface area contributed by atoms with Crippen LogP contribution in [0, 0.1) is 25.7 Å². The van der Waals surface area contributed by atoms with Gasteiger partial charge in [0.15, 0.2) is 0 Å². The number of benzene rings is 1. The van der Waals surface area contributed by atoms with E-state index in [0.29, 0.717) is 12.1 Å². The number of carbonyl (C=O) groups excluding carboxylic acids is 1. The second-order valence-corrected chi connectivity index (χ2v) is 5.47. The van der Waals surface area contributed by atoms with Crippen molar-refractivity contribution >= 4 is 17.2 Å². The van der Waals surface area contributed by atoms with Crippen LogP contribution in [0.3, 0.4) is 0 Å². The van der Waals surface area contributed by atoms with E-state index in [4.69, 9.17) is 5.11 Å². The first-order chi connectivity index (χ1) is 10.1. The van der Waals surface area contributed by atoms with E-state index in [1.165, 1.54) is 11.3 Å². The molecule has 1 aromatic heterocycles. The summed E-state index contributed by atoms with van der Waals surface area (Å²) in [6.45, 7) is 4.14. The molecule has 5 heteroatoms. The van der Waals surface area contributed by atoms with Crippen molar-refractivity contribution in [1.29, 1.82) is 0 Å². The first-order valence-corrected chi connectivity index (χ1v) is 7.37. The highest BCUT2D eigenvalue weighted by Gasteiger charge is 2.08. The van der Waals surface area contributed by atoms with Crippen molar-refractivity contribution in [3.63, 3.8) is 0 Å². The van der Waals surface area contributed by atoms with Crippen LogP contribution in [0.5, 0.6) is 0 Å². The van der Waals surface area contributed by atoms with Crippen LogP contribution in [0.15, 0.2) is 23.7 Å². The molecule has 0 atom stereocenters. The van der Waals surface area contributed by atoms with Crippen molar-refractivity contribution < 1.29 is 9.90 Å². The summed E-state index contributed by atoms with van der Waals surface area (Å²) in [5, 5.41) is 11.6. The van der Waals surface area contributed by atoms with Gasteiger partial charge in [-0.1, -0.05) is 11.8 Å². The number of hydrogen-bond acceptors (Lipinski definition) is 4. The highest BCUT2D eigenvalue weighted by atomic mass is 32.1. The van der Waals surface area contributed by atoms with E-state index >= 15 is 0 Å². The van der Waals surface area contributed by atoms with E-state index in [1.54, 1.807) is 23.7 Å². The van der Waals surface area contributed by atoms with Crippen LogP contribution in [0.2, 0.25) is 0 Å². The molecule has 1 heterocycles. The van der Waals surface area contributed by atoms with Gasteiger partial charge in [-0.2, -0.15) is 0 Å². The fraction of sp³-hybridized carbons (Fsp3) is 0.250. The van der Waals surface area contributed by atoms with Gasteiger partial charge in [0.1, 0.15) is 6.61 Å². The molecule has 2 aromatic rings. The van der Waals surface area contributed by atoms with Gasteiger partial charge in [0, 0.05) is 16.0 Å². The molecule has 0 aliphatic rings. The number of nitrogens with zero attached hydrogens (tertiary/aromatic N) is 1. The lowest BCUT2D eigenvalue weighted by atomic mass is 10.0. The lowest BCUT2D eigenvalue weighted by Crippen LogP contribution is -2.22. The number of thiazole rings is 1. The molecule has 0 unspecified atom stereocenters. The molecule has 0 spiro atoms. The Morgan fingerprint density at radius 2 is 2.24 bits per heavy atom. The number of aliphatic hydroxyl groups excluding tert-OH is 1. The van der Waals surface area contributed by atoms with E-state index in [9.17, 15) is 4.79 Å². The summed E-state index contributed by atoms with van der Waals surface area (Å²) in [6, 6.07) is 5.34. The van der Waals surface area contributed by atoms with Gasteiger partial charge < -0.3 is 10.4 Å². The Morgan fingerprint density at radius 3 is 2.86 bits per heavy atom. The zero-order valence-electron chi connectivity index (χ0n) is 11.9. The quantitative estimate of drug-likeness (QED) is 0.853. The summed E-state index contributed by atoms with van der Waals surface area (Å²) < 4.78 is 0. The van der Waals surface area contributed by atoms with Crippen LogP contribution in [0.25, 0.3) is 0 Å². The Bertz CT molecular complexity index is 711. The molecule has 1 amide bonds. The van der Waals surface area contributed by atoms with Crippen LogP contribution in [-0.2, 0) is 6.54 Å². The first-order valence-electron chi connectivity index (χ1n) is 6.49. The normalized spacial score (nSPS) is 9.86. The zero-order chi connectivity index (χ0) is 15.2. The van der Waals surface area contributed by atoms with Gasteiger partial charge in [-0.25, -0.2) is 4.98 Å². The largest absolute Gasteiger partial charge is 0.384 e. The monoisotopic (exact) mass is 300 g/mol. The molecule has 108 valence electrons. The van der Waals surface area contributed by atoms with E-state index in [1.807, 2.05) is 13.8 Å². The molecule has 0 aliphatic heterocycles. The molecular formula is C16H16N2O2S. The van der Waals surface area contributed by atoms with Crippen molar-refractivity contribution in [3.8, 4) is 11.8 Å². The lowest BCUT2D eigenvalue weighted by Gasteiger charge is -2.06. The zero-order valence-corrected chi connectivity index (χ0v) is 12.8.